The zero-order chi connectivity index (χ0) is 16.5. The van der Waals surface area contributed by atoms with E-state index in [2.05, 4.69) is 10.3 Å². The van der Waals surface area contributed by atoms with Crippen LogP contribution >= 0.6 is 11.6 Å². The summed E-state index contributed by atoms with van der Waals surface area (Å²) in [5.74, 6) is -0.310. The summed E-state index contributed by atoms with van der Waals surface area (Å²) < 4.78 is 38.0. The van der Waals surface area contributed by atoms with Gasteiger partial charge in [0.1, 0.15) is 5.69 Å². The molecule has 0 unspecified atom stereocenters. The number of alkyl halides is 3. The summed E-state index contributed by atoms with van der Waals surface area (Å²) >= 11 is 6.10. The Morgan fingerprint density at radius 1 is 1.23 bits per heavy atom. The van der Waals surface area contributed by atoms with E-state index in [9.17, 15) is 18.0 Å². The average molecular weight is 329 g/mol. The van der Waals surface area contributed by atoms with Gasteiger partial charge < -0.3 is 5.32 Å². The van der Waals surface area contributed by atoms with Crippen molar-refractivity contribution in [3.8, 4) is 11.1 Å². The average Bonchev–Trinajstić information content (AvgIpc) is 2.46. The second-order valence-electron chi connectivity index (χ2n) is 4.66. The Morgan fingerprint density at radius 3 is 2.45 bits per heavy atom. The normalized spacial score (nSPS) is 11.4. The molecule has 0 aliphatic carbocycles. The smallest absolute Gasteiger partial charge is 0.355 e. The first-order valence-corrected chi connectivity index (χ1v) is 6.67. The van der Waals surface area contributed by atoms with Crippen LogP contribution in [0.1, 0.15) is 21.6 Å². The van der Waals surface area contributed by atoms with Gasteiger partial charge in [0.15, 0.2) is 0 Å². The van der Waals surface area contributed by atoms with Crippen molar-refractivity contribution in [3.63, 3.8) is 0 Å². The largest absolute Gasteiger partial charge is 0.433 e. The standard InChI is InChI=1S/C15H12ClF3N2O/c1-8-5-13(15(17,18)19)21-7-11(8)10-6-9(14(22)20-2)3-4-12(10)16/h3-7H,1-2H3,(H,20,22). The van der Waals surface area contributed by atoms with Crippen LogP contribution in [-0.2, 0) is 6.18 Å². The van der Waals surface area contributed by atoms with Gasteiger partial charge in [-0.05, 0) is 36.8 Å². The van der Waals surface area contributed by atoms with E-state index < -0.39 is 11.9 Å². The number of carbonyl (C=O) groups excluding carboxylic acids is 1. The first-order valence-electron chi connectivity index (χ1n) is 6.30. The summed E-state index contributed by atoms with van der Waals surface area (Å²) in [6, 6.07) is 5.55. The summed E-state index contributed by atoms with van der Waals surface area (Å²) in [6.07, 6.45) is -3.38. The SMILES string of the molecule is CNC(=O)c1ccc(Cl)c(-c2cnc(C(F)(F)F)cc2C)c1. The molecule has 2 rings (SSSR count). The van der Waals surface area contributed by atoms with Gasteiger partial charge in [-0.2, -0.15) is 13.2 Å². The molecule has 1 aromatic heterocycles. The van der Waals surface area contributed by atoms with Crippen molar-refractivity contribution in [2.45, 2.75) is 13.1 Å². The molecule has 0 bridgehead atoms. The van der Waals surface area contributed by atoms with Crippen molar-refractivity contribution in [3.05, 3.63) is 52.3 Å². The molecular weight excluding hydrogens is 317 g/mol. The molecule has 2 aromatic rings. The Morgan fingerprint density at radius 2 is 1.91 bits per heavy atom. The van der Waals surface area contributed by atoms with E-state index in [1.54, 1.807) is 0 Å². The third kappa shape index (κ3) is 3.22. The van der Waals surface area contributed by atoms with Crippen LogP contribution in [0.25, 0.3) is 11.1 Å². The highest BCUT2D eigenvalue weighted by Gasteiger charge is 2.32. The number of nitrogens with zero attached hydrogens (tertiary/aromatic N) is 1. The molecule has 116 valence electrons. The maximum absolute atomic E-state index is 12.7. The van der Waals surface area contributed by atoms with E-state index in [4.69, 9.17) is 11.6 Å². The number of nitrogens with one attached hydrogen (secondary N) is 1. The highest BCUT2D eigenvalue weighted by atomic mass is 35.5. The number of pyridine rings is 1. The van der Waals surface area contributed by atoms with E-state index >= 15 is 0 Å². The summed E-state index contributed by atoms with van der Waals surface area (Å²) in [6.45, 7) is 1.54. The van der Waals surface area contributed by atoms with Crippen LogP contribution in [0.4, 0.5) is 13.2 Å². The van der Waals surface area contributed by atoms with Crippen LogP contribution in [0.2, 0.25) is 5.02 Å². The molecular formula is C15H12ClF3N2O. The molecule has 0 radical (unpaired) electrons. The number of halogens is 4. The fourth-order valence-electron chi connectivity index (χ4n) is 2.01. The summed E-state index contributed by atoms with van der Waals surface area (Å²) in [7, 11) is 1.49. The van der Waals surface area contributed by atoms with Crippen LogP contribution in [0.3, 0.4) is 0 Å². The van der Waals surface area contributed by atoms with Gasteiger partial charge in [0.25, 0.3) is 5.91 Å². The van der Waals surface area contributed by atoms with Gasteiger partial charge in [0.2, 0.25) is 0 Å². The van der Waals surface area contributed by atoms with Gasteiger partial charge in [-0.1, -0.05) is 11.6 Å². The van der Waals surface area contributed by atoms with E-state index in [0.717, 1.165) is 12.3 Å². The van der Waals surface area contributed by atoms with Gasteiger partial charge in [-0.15, -0.1) is 0 Å². The molecule has 0 saturated heterocycles. The van der Waals surface area contributed by atoms with Gasteiger partial charge in [-0.3, -0.25) is 9.78 Å². The van der Waals surface area contributed by atoms with E-state index in [1.165, 1.54) is 32.2 Å². The van der Waals surface area contributed by atoms with Crippen LogP contribution in [0.15, 0.2) is 30.5 Å². The minimum atomic E-state index is -4.50. The van der Waals surface area contributed by atoms with Crippen LogP contribution in [0.5, 0.6) is 0 Å². The van der Waals surface area contributed by atoms with E-state index in [0.29, 0.717) is 27.3 Å². The molecule has 0 aliphatic rings. The number of aromatic nitrogens is 1. The number of aryl methyl sites for hydroxylation is 1. The Labute approximate surface area is 130 Å². The van der Waals surface area contributed by atoms with Crippen molar-refractivity contribution in [2.75, 3.05) is 7.05 Å². The predicted octanol–water partition coefficient (Wildman–Crippen LogP) is 4.09. The number of hydrogen-bond donors (Lipinski definition) is 1. The van der Waals surface area contributed by atoms with Crippen molar-refractivity contribution < 1.29 is 18.0 Å². The Kier molecular flexibility index (Phi) is 4.42. The second-order valence-corrected chi connectivity index (χ2v) is 5.06. The lowest BCUT2D eigenvalue weighted by Gasteiger charge is -2.12. The van der Waals surface area contributed by atoms with Crippen molar-refractivity contribution in [1.29, 1.82) is 0 Å². The number of carbonyl (C=O) groups is 1. The third-order valence-electron chi connectivity index (χ3n) is 3.15. The molecule has 1 heterocycles. The summed E-state index contributed by atoms with van der Waals surface area (Å²) in [5, 5.41) is 2.81. The number of benzene rings is 1. The minimum absolute atomic E-state index is 0.310. The highest BCUT2D eigenvalue weighted by Crippen LogP contribution is 2.34. The molecule has 0 spiro atoms. The van der Waals surface area contributed by atoms with Gasteiger partial charge in [0, 0.05) is 35.0 Å². The molecule has 1 amide bonds. The molecule has 0 saturated carbocycles. The van der Waals surface area contributed by atoms with Crippen LogP contribution < -0.4 is 5.32 Å². The van der Waals surface area contributed by atoms with Gasteiger partial charge in [-0.25, -0.2) is 0 Å². The monoisotopic (exact) mass is 328 g/mol. The number of amides is 1. The molecule has 0 fully saturated rings. The van der Waals surface area contributed by atoms with Gasteiger partial charge in [0.05, 0.1) is 0 Å². The maximum Gasteiger partial charge on any atom is 0.433 e. The number of hydrogen-bond acceptors (Lipinski definition) is 2. The molecule has 3 nitrogen and oxygen atoms in total. The topological polar surface area (TPSA) is 42.0 Å². The molecule has 0 atom stereocenters. The lowest BCUT2D eigenvalue weighted by atomic mass is 9.99. The minimum Gasteiger partial charge on any atom is -0.355 e. The van der Waals surface area contributed by atoms with Crippen LogP contribution in [-0.4, -0.2) is 17.9 Å². The predicted molar refractivity (Wildman–Crippen MR) is 77.8 cm³/mol. The molecule has 7 heteroatoms. The zero-order valence-electron chi connectivity index (χ0n) is 11.8. The first-order chi connectivity index (χ1) is 10.2. The lowest BCUT2D eigenvalue weighted by molar-refractivity contribution is -0.141. The first kappa shape index (κ1) is 16.3. The van der Waals surface area contributed by atoms with Gasteiger partial charge >= 0.3 is 6.18 Å². The molecule has 0 aliphatic heterocycles. The molecule has 22 heavy (non-hydrogen) atoms. The molecule has 1 N–H and O–H groups in total. The van der Waals surface area contributed by atoms with Crippen molar-refractivity contribution in [2.24, 2.45) is 0 Å². The zero-order valence-corrected chi connectivity index (χ0v) is 12.5. The summed E-state index contributed by atoms with van der Waals surface area (Å²) in [5.41, 5.74) is 0.678. The Balaban J connectivity index is 2.54. The molecule has 1 aromatic carbocycles. The van der Waals surface area contributed by atoms with Crippen molar-refractivity contribution >= 4 is 17.5 Å². The summed E-state index contributed by atoms with van der Waals surface area (Å²) in [4.78, 5) is 15.1. The Hall–Kier alpha value is -2.08. The van der Waals surface area contributed by atoms with Crippen molar-refractivity contribution in [1.82, 2.24) is 10.3 Å². The highest BCUT2D eigenvalue weighted by molar-refractivity contribution is 6.33. The third-order valence-corrected chi connectivity index (χ3v) is 3.48. The van der Waals surface area contributed by atoms with E-state index in [-0.39, 0.29) is 5.91 Å². The van der Waals surface area contributed by atoms with E-state index in [1.807, 2.05) is 0 Å². The quantitative estimate of drug-likeness (QED) is 0.902. The van der Waals surface area contributed by atoms with Crippen LogP contribution in [0, 0.1) is 6.92 Å². The maximum atomic E-state index is 12.7. The lowest BCUT2D eigenvalue weighted by Crippen LogP contribution is -2.17. The second kappa shape index (κ2) is 5.96. The fourth-order valence-corrected chi connectivity index (χ4v) is 2.23. The Bertz CT molecular complexity index is 729. The number of rotatable bonds is 2. The fraction of sp³-hybridized carbons (Fsp3) is 0.200.